The first kappa shape index (κ1) is 27.0. The van der Waals surface area contributed by atoms with Crippen molar-refractivity contribution in [3.8, 4) is 16.5 Å². The average molecular weight is 571 g/mol. The van der Waals surface area contributed by atoms with Crippen molar-refractivity contribution in [1.82, 2.24) is 10.3 Å². The lowest BCUT2D eigenvalue weighted by atomic mass is 9.76. The normalized spacial score (nSPS) is 28.7. The lowest BCUT2D eigenvalue weighted by molar-refractivity contribution is -0.127. The molecule has 2 aliphatic carbocycles. The summed E-state index contributed by atoms with van der Waals surface area (Å²) in [5, 5.41) is 13.6. The fourth-order valence-corrected chi connectivity index (χ4v) is 8.63. The summed E-state index contributed by atoms with van der Waals surface area (Å²) in [6, 6.07) is 10.8. The summed E-state index contributed by atoms with van der Waals surface area (Å²) >= 11 is 1.70. The Labute approximate surface area is 236 Å². The molecule has 2 aliphatic heterocycles. The first-order valence-corrected chi connectivity index (χ1v) is 17.0. The van der Waals surface area contributed by atoms with E-state index in [0.29, 0.717) is 24.6 Å². The molecule has 8 nitrogen and oxygen atoms in total. The molecule has 10 heteroatoms. The Balaban J connectivity index is 1.30. The number of hydrogen-bond acceptors (Lipinski definition) is 8. The van der Waals surface area contributed by atoms with E-state index < -0.39 is 16.1 Å². The van der Waals surface area contributed by atoms with Crippen LogP contribution in [0.1, 0.15) is 80.5 Å². The molecular formula is C29H38N4O4S2. The van der Waals surface area contributed by atoms with E-state index in [4.69, 9.17) is 9.72 Å². The Hall–Kier alpha value is -2.16. The fourth-order valence-electron chi connectivity index (χ4n) is 6.18. The lowest BCUT2D eigenvalue weighted by Crippen LogP contribution is -2.42. The molecule has 2 saturated carbocycles. The third-order valence-electron chi connectivity index (χ3n) is 8.78. The van der Waals surface area contributed by atoms with Gasteiger partial charge in [0, 0.05) is 37.2 Å². The van der Waals surface area contributed by atoms with E-state index in [9.17, 15) is 19.2 Å². The van der Waals surface area contributed by atoms with Gasteiger partial charge in [-0.1, -0.05) is 25.0 Å². The van der Waals surface area contributed by atoms with Crippen molar-refractivity contribution < 1.29 is 18.6 Å². The van der Waals surface area contributed by atoms with Crippen LogP contribution >= 0.6 is 21.9 Å². The van der Waals surface area contributed by atoms with Gasteiger partial charge in [-0.2, -0.15) is 15.9 Å². The standard InChI is InChI=1S/C29H38N4O4S2/c30-19-29(12-13-29)32-27(34)23-6-2-1-5-22(23)25-26(38-28(31-25)24-7-3-4-16-37-24)20-8-10-21(11-9-20)33-14-17-39(35,36)18-15-33/h8-11,22-24,35-36H,1-7,12-18H2,(H,32,34)/t22-,23-,24+/m1/s1. The van der Waals surface area contributed by atoms with Crippen molar-refractivity contribution in [3.05, 3.63) is 35.0 Å². The van der Waals surface area contributed by atoms with Gasteiger partial charge in [-0.25, -0.2) is 4.98 Å². The smallest absolute Gasteiger partial charge is 0.225 e. The van der Waals surface area contributed by atoms with Gasteiger partial charge in [0.05, 0.1) is 28.1 Å². The Bertz CT molecular complexity index is 1220. The predicted molar refractivity (Wildman–Crippen MR) is 155 cm³/mol. The van der Waals surface area contributed by atoms with E-state index in [1.807, 2.05) is 0 Å². The minimum atomic E-state index is -2.43. The molecule has 3 N–H and O–H groups in total. The van der Waals surface area contributed by atoms with Crippen LogP contribution in [0.15, 0.2) is 24.3 Å². The van der Waals surface area contributed by atoms with E-state index in [-0.39, 0.29) is 23.8 Å². The highest BCUT2D eigenvalue weighted by Gasteiger charge is 2.47. The molecule has 0 unspecified atom stereocenters. The highest BCUT2D eigenvalue weighted by molar-refractivity contribution is 8.24. The number of benzene rings is 1. The van der Waals surface area contributed by atoms with Crippen LogP contribution in [0.4, 0.5) is 5.69 Å². The van der Waals surface area contributed by atoms with Gasteiger partial charge in [0.1, 0.15) is 16.7 Å². The second-order valence-corrected chi connectivity index (χ2v) is 15.0. The van der Waals surface area contributed by atoms with Crippen LogP contribution in [0.3, 0.4) is 0 Å². The fraction of sp³-hybridized carbons (Fsp3) is 0.621. The van der Waals surface area contributed by atoms with Gasteiger partial charge in [-0.15, -0.1) is 11.3 Å². The van der Waals surface area contributed by atoms with Gasteiger partial charge in [0.25, 0.3) is 0 Å². The Kier molecular flexibility index (Phi) is 7.64. The Morgan fingerprint density at radius 1 is 1.10 bits per heavy atom. The summed E-state index contributed by atoms with van der Waals surface area (Å²) in [5.41, 5.74) is 2.51. The van der Waals surface area contributed by atoms with E-state index in [1.165, 1.54) is 0 Å². The number of nitriles is 1. The zero-order valence-corrected chi connectivity index (χ0v) is 23.9. The van der Waals surface area contributed by atoms with E-state index in [0.717, 1.165) is 91.2 Å². The summed E-state index contributed by atoms with van der Waals surface area (Å²) in [6.45, 7) is 2.04. The monoisotopic (exact) mass is 570 g/mol. The second kappa shape index (κ2) is 11.0. The molecule has 1 amide bonds. The van der Waals surface area contributed by atoms with Gasteiger partial charge >= 0.3 is 0 Å². The maximum atomic E-state index is 13.5. The quantitative estimate of drug-likeness (QED) is 0.386. The molecule has 3 atom stereocenters. The van der Waals surface area contributed by atoms with E-state index >= 15 is 0 Å². The van der Waals surface area contributed by atoms with E-state index in [2.05, 4.69) is 40.6 Å². The van der Waals surface area contributed by atoms with Gasteiger partial charge < -0.3 is 15.0 Å². The van der Waals surface area contributed by atoms with Crippen molar-refractivity contribution in [3.63, 3.8) is 0 Å². The maximum Gasteiger partial charge on any atom is 0.225 e. The SMILES string of the molecule is N#CC1(NC(=O)[C@@H]2CCCC[C@H]2c2nc([C@@H]3CCCCO3)sc2-c2ccc(N3CCS(O)(O)CC3)cc2)CC1. The first-order chi connectivity index (χ1) is 18.9. The van der Waals surface area contributed by atoms with Crippen LogP contribution < -0.4 is 10.2 Å². The molecule has 3 heterocycles. The summed E-state index contributed by atoms with van der Waals surface area (Å²) in [5.74, 6) is 0.661. The number of anilines is 1. The summed E-state index contributed by atoms with van der Waals surface area (Å²) < 4.78 is 26.1. The molecule has 0 spiro atoms. The third kappa shape index (κ3) is 5.84. The number of carbonyl (C=O) groups is 1. The summed E-state index contributed by atoms with van der Waals surface area (Å²) in [7, 11) is -2.43. The molecule has 0 radical (unpaired) electrons. The van der Waals surface area contributed by atoms with Crippen molar-refractivity contribution in [2.45, 2.75) is 75.3 Å². The largest absolute Gasteiger partial charge is 0.371 e. The number of nitrogens with zero attached hydrogens (tertiary/aromatic N) is 3. The molecule has 4 aliphatic rings. The van der Waals surface area contributed by atoms with Gasteiger partial charge in [-0.3, -0.25) is 13.9 Å². The first-order valence-electron chi connectivity index (χ1n) is 14.3. The molecule has 210 valence electrons. The number of aromatic nitrogens is 1. The number of rotatable bonds is 6. The van der Waals surface area contributed by atoms with Crippen molar-refractivity contribution in [1.29, 1.82) is 5.26 Å². The van der Waals surface area contributed by atoms with Crippen LogP contribution in [0.5, 0.6) is 0 Å². The zero-order valence-electron chi connectivity index (χ0n) is 22.3. The Morgan fingerprint density at radius 2 is 1.82 bits per heavy atom. The topological polar surface area (TPSA) is 119 Å². The molecule has 0 bridgehead atoms. The molecule has 39 heavy (non-hydrogen) atoms. The average Bonchev–Trinajstić information content (AvgIpc) is 3.60. The molecular weight excluding hydrogens is 532 g/mol. The summed E-state index contributed by atoms with van der Waals surface area (Å²) in [4.78, 5) is 22.0. The Morgan fingerprint density at radius 3 is 2.49 bits per heavy atom. The molecule has 6 rings (SSSR count). The van der Waals surface area contributed by atoms with Crippen LogP contribution in [-0.4, -0.2) is 56.7 Å². The number of nitrogens with one attached hydrogen (secondary N) is 1. The predicted octanol–water partition coefficient (Wildman–Crippen LogP) is 6.07. The number of thiazole rings is 1. The maximum absolute atomic E-state index is 13.5. The number of ether oxygens (including phenoxy) is 1. The molecule has 4 fully saturated rings. The number of hydrogen-bond donors (Lipinski definition) is 3. The molecule has 1 aromatic carbocycles. The molecule has 2 saturated heterocycles. The van der Waals surface area contributed by atoms with Crippen LogP contribution in [0, 0.1) is 17.2 Å². The van der Waals surface area contributed by atoms with Gasteiger partial charge in [0.15, 0.2) is 0 Å². The van der Waals surface area contributed by atoms with Crippen LogP contribution in [0.25, 0.3) is 10.4 Å². The zero-order chi connectivity index (χ0) is 27.0. The van der Waals surface area contributed by atoms with Crippen LogP contribution in [-0.2, 0) is 9.53 Å². The minimum Gasteiger partial charge on any atom is -0.371 e. The number of carbonyl (C=O) groups excluding carboxylic acids is 1. The van der Waals surface area contributed by atoms with Crippen molar-refractivity contribution >= 4 is 33.5 Å². The second-order valence-electron chi connectivity index (χ2n) is 11.5. The minimum absolute atomic E-state index is 0.000384. The number of amides is 1. The van der Waals surface area contributed by atoms with Gasteiger partial charge in [-0.05, 0) is 62.6 Å². The highest BCUT2D eigenvalue weighted by Crippen LogP contribution is 2.47. The lowest BCUT2D eigenvalue weighted by Gasteiger charge is -2.41. The van der Waals surface area contributed by atoms with Crippen molar-refractivity contribution in [2.75, 3.05) is 36.1 Å². The molecule has 2 aromatic rings. The van der Waals surface area contributed by atoms with Crippen molar-refractivity contribution in [2.24, 2.45) is 5.92 Å². The highest BCUT2D eigenvalue weighted by atomic mass is 32.3. The van der Waals surface area contributed by atoms with Gasteiger partial charge in [0.2, 0.25) is 5.91 Å². The van der Waals surface area contributed by atoms with Crippen LogP contribution in [0.2, 0.25) is 0 Å². The molecule has 1 aromatic heterocycles. The third-order valence-corrected chi connectivity index (χ3v) is 11.7. The summed E-state index contributed by atoms with van der Waals surface area (Å²) in [6.07, 6.45) is 8.48. The van der Waals surface area contributed by atoms with E-state index in [1.54, 1.807) is 11.3 Å².